The van der Waals surface area contributed by atoms with Crippen LogP contribution in [0.25, 0.3) is 0 Å². The third-order valence-electron chi connectivity index (χ3n) is 1.42. The zero-order valence-corrected chi connectivity index (χ0v) is 4.80. The maximum absolute atomic E-state index is 8.93. The van der Waals surface area contributed by atoms with Gasteiger partial charge in [0.15, 0.2) is 0 Å². The molecule has 0 amide bonds. The highest BCUT2D eigenvalue weighted by Crippen LogP contribution is 2.13. The van der Waals surface area contributed by atoms with Gasteiger partial charge in [0, 0.05) is 5.70 Å². The van der Waals surface area contributed by atoms with E-state index < -0.39 is 0 Å². The van der Waals surface area contributed by atoms with E-state index >= 15 is 0 Å². The Morgan fingerprint density at radius 3 is 2.88 bits per heavy atom. The average Bonchev–Trinajstić information content (AvgIpc) is 1.77. The molecule has 2 nitrogen and oxygen atoms in total. The van der Waals surface area contributed by atoms with E-state index in [1.54, 1.807) is 0 Å². The molecule has 0 heterocycles. The van der Waals surface area contributed by atoms with Crippen molar-refractivity contribution in [2.45, 2.75) is 25.4 Å². The number of aliphatic hydroxyl groups is 1. The Morgan fingerprint density at radius 2 is 2.50 bits per heavy atom. The number of rotatable bonds is 0. The monoisotopic (exact) mass is 113 g/mol. The lowest BCUT2D eigenvalue weighted by Crippen LogP contribution is -2.13. The smallest absolute Gasteiger partial charge is 0.0579 e. The molecule has 0 radical (unpaired) electrons. The average molecular weight is 113 g/mol. The normalized spacial score (nSPS) is 29.6. The van der Waals surface area contributed by atoms with Crippen LogP contribution in [-0.4, -0.2) is 11.2 Å². The predicted molar refractivity (Wildman–Crippen MR) is 32.1 cm³/mol. The van der Waals surface area contributed by atoms with E-state index in [-0.39, 0.29) is 6.10 Å². The van der Waals surface area contributed by atoms with Crippen LogP contribution in [0.2, 0.25) is 0 Å². The van der Waals surface area contributed by atoms with Crippen molar-refractivity contribution < 1.29 is 5.11 Å². The van der Waals surface area contributed by atoms with Crippen LogP contribution in [0.15, 0.2) is 11.8 Å². The fourth-order valence-corrected chi connectivity index (χ4v) is 0.841. The van der Waals surface area contributed by atoms with Gasteiger partial charge in [-0.2, -0.15) is 0 Å². The quantitative estimate of drug-likeness (QED) is 0.477. The standard InChI is InChI=1S/C6H11NO/c7-5-1-3-6(8)4-2-5/h1,6,8H,2-4,7H2/t6-/m1/s1. The lowest BCUT2D eigenvalue weighted by Gasteiger charge is -2.13. The Balaban J connectivity index is 2.42. The second kappa shape index (κ2) is 2.18. The topological polar surface area (TPSA) is 46.2 Å². The summed E-state index contributed by atoms with van der Waals surface area (Å²) in [6.07, 6.45) is 4.20. The summed E-state index contributed by atoms with van der Waals surface area (Å²) in [6, 6.07) is 0. The Labute approximate surface area is 49.0 Å². The zero-order chi connectivity index (χ0) is 5.98. The van der Waals surface area contributed by atoms with Gasteiger partial charge in [-0.3, -0.25) is 0 Å². The first-order valence-electron chi connectivity index (χ1n) is 2.91. The van der Waals surface area contributed by atoms with Crippen LogP contribution < -0.4 is 5.73 Å². The van der Waals surface area contributed by atoms with Crippen LogP contribution in [0.1, 0.15) is 19.3 Å². The molecule has 46 valence electrons. The molecule has 1 rings (SSSR count). The third kappa shape index (κ3) is 1.23. The lowest BCUT2D eigenvalue weighted by atomic mass is 10.0. The van der Waals surface area contributed by atoms with Gasteiger partial charge in [0.05, 0.1) is 6.10 Å². The third-order valence-corrected chi connectivity index (χ3v) is 1.42. The van der Waals surface area contributed by atoms with E-state index in [2.05, 4.69) is 0 Å². The van der Waals surface area contributed by atoms with Gasteiger partial charge in [-0.15, -0.1) is 0 Å². The second-order valence-electron chi connectivity index (χ2n) is 2.21. The molecule has 0 saturated heterocycles. The summed E-state index contributed by atoms with van der Waals surface area (Å²) in [4.78, 5) is 0. The number of hydrogen-bond donors (Lipinski definition) is 2. The zero-order valence-electron chi connectivity index (χ0n) is 4.80. The van der Waals surface area contributed by atoms with E-state index in [1.807, 2.05) is 6.08 Å². The molecule has 8 heavy (non-hydrogen) atoms. The highest BCUT2D eigenvalue weighted by Gasteiger charge is 2.07. The molecule has 1 aliphatic carbocycles. The molecule has 1 atom stereocenters. The minimum atomic E-state index is -0.137. The van der Waals surface area contributed by atoms with Gasteiger partial charge in [-0.05, 0) is 19.3 Å². The predicted octanol–water partition coefficient (Wildman–Crippen LogP) is 0.374. The van der Waals surface area contributed by atoms with Crippen LogP contribution in [0.5, 0.6) is 0 Å². The van der Waals surface area contributed by atoms with Crippen LogP contribution in [0.3, 0.4) is 0 Å². The molecule has 3 N–H and O–H groups in total. The SMILES string of the molecule is NC1=CC[C@@H](O)CC1. The van der Waals surface area contributed by atoms with Crippen LogP contribution in [-0.2, 0) is 0 Å². The molecular weight excluding hydrogens is 102 g/mol. The van der Waals surface area contributed by atoms with E-state index in [4.69, 9.17) is 10.8 Å². The van der Waals surface area contributed by atoms with Crippen molar-refractivity contribution in [2.24, 2.45) is 5.73 Å². The fourth-order valence-electron chi connectivity index (χ4n) is 0.841. The van der Waals surface area contributed by atoms with Crippen molar-refractivity contribution in [3.63, 3.8) is 0 Å². The first-order valence-corrected chi connectivity index (χ1v) is 2.91. The Bertz CT molecular complexity index is 109. The molecule has 0 aliphatic heterocycles. The highest BCUT2D eigenvalue weighted by atomic mass is 16.3. The fraction of sp³-hybridized carbons (Fsp3) is 0.667. The van der Waals surface area contributed by atoms with Crippen molar-refractivity contribution >= 4 is 0 Å². The summed E-state index contributed by atoms with van der Waals surface area (Å²) in [5.74, 6) is 0. The first-order chi connectivity index (χ1) is 3.79. The number of hydrogen-bond acceptors (Lipinski definition) is 2. The summed E-state index contributed by atoms with van der Waals surface area (Å²) in [6.45, 7) is 0. The van der Waals surface area contributed by atoms with Crippen LogP contribution in [0.4, 0.5) is 0 Å². The van der Waals surface area contributed by atoms with Crippen LogP contribution in [0, 0.1) is 0 Å². The Hall–Kier alpha value is -0.500. The van der Waals surface area contributed by atoms with E-state index in [0.29, 0.717) is 0 Å². The summed E-state index contributed by atoms with van der Waals surface area (Å²) < 4.78 is 0. The molecule has 0 bridgehead atoms. The van der Waals surface area contributed by atoms with Gasteiger partial charge >= 0.3 is 0 Å². The second-order valence-corrected chi connectivity index (χ2v) is 2.21. The Morgan fingerprint density at radius 1 is 1.75 bits per heavy atom. The summed E-state index contributed by atoms with van der Waals surface area (Å²) in [5.41, 5.74) is 6.37. The summed E-state index contributed by atoms with van der Waals surface area (Å²) in [5, 5.41) is 8.93. The van der Waals surface area contributed by atoms with E-state index in [9.17, 15) is 0 Å². The lowest BCUT2D eigenvalue weighted by molar-refractivity contribution is 0.162. The molecule has 2 heteroatoms. The van der Waals surface area contributed by atoms with Crippen molar-refractivity contribution in [1.82, 2.24) is 0 Å². The van der Waals surface area contributed by atoms with Crippen molar-refractivity contribution in [3.8, 4) is 0 Å². The van der Waals surface area contributed by atoms with Gasteiger partial charge in [-0.1, -0.05) is 6.08 Å². The van der Waals surface area contributed by atoms with Crippen molar-refractivity contribution in [1.29, 1.82) is 0 Å². The molecule has 0 fully saturated rings. The molecule has 0 unspecified atom stereocenters. The van der Waals surface area contributed by atoms with Gasteiger partial charge in [0.25, 0.3) is 0 Å². The first kappa shape index (κ1) is 5.63. The number of aliphatic hydroxyl groups excluding tert-OH is 1. The molecule has 0 spiro atoms. The van der Waals surface area contributed by atoms with Gasteiger partial charge in [0.2, 0.25) is 0 Å². The molecular formula is C6H11NO. The molecule has 0 saturated carbocycles. The van der Waals surface area contributed by atoms with Gasteiger partial charge in [-0.25, -0.2) is 0 Å². The van der Waals surface area contributed by atoms with Gasteiger partial charge in [0.1, 0.15) is 0 Å². The largest absolute Gasteiger partial charge is 0.402 e. The minimum Gasteiger partial charge on any atom is -0.402 e. The van der Waals surface area contributed by atoms with Crippen LogP contribution >= 0.6 is 0 Å². The summed E-state index contributed by atoms with van der Waals surface area (Å²) >= 11 is 0. The maximum Gasteiger partial charge on any atom is 0.0579 e. The van der Waals surface area contributed by atoms with Crippen molar-refractivity contribution in [3.05, 3.63) is 11.8 Å². The highest BCUT2D eigenvalue weighted by molar-refractivity contribution is 5.01. The van der Waals surface area contributed by atoms with Gasteiger partial charge < -0.3 is 10.8 Å². The summed E-state index contributed by atoms with van der Waals surface area (Å²) in [7, 11) is 0. The number of allylic oxidation sites excluding steroid dienone is 1. The number of nitrogens with two attached hydrogens (primary N) is 1. The molecule has 1 aliphatic rings. The van der Waals surface area contributed by atoms with Crippen molar-refractivity contribution in [2.75, 3.05) is 0 Å². The Kier molecular flexibility index (Phi) is 1.53. The minimum absolute atomic E-state index is 0.137. The van der Waals surface area contributed by atoms with E-state index in [1.165, 1.54) is 0 Å². The molecule has 0 aromatic rings. The molecule has 0 aromatic carbocycles. The van der Waals surface area contributed by atoms with E-state index in [0.717, 1.165) is 25.0 Å². The maximum atomic E-state index is 8.93. The molecule has 0 aromatic heterocycles.